The molecule has 0 aliphatic rings. The number of imidazole rings is 1. The number of nitrogens with one attached hydrogen (secondary N) is 1. The summed E-state index contributed by atoms with van der Waals surface area (Å²) in [6.45, 7) is 7.20. The van der Waals surface area contributed by atoms with Crippen LogP contribution in [-0.4, -0.2) is 25.2 Å². The molecule has 3 rings (SSSR count). The standard InChI is InChI=1S/C14H19N5S/c1-10-6-16-19(8-10)12(3)11(2)15-7-13-9-18-4-5-20-14(18)17-13/h4-6,8-9,11-12,15H,7H2,1-3H3/t11-,12-/m0/s1. The van der Waals surface area contributed by atoms with Gasteiger partial charge in [0.1, 0.15) is 0 Å². The van der Waals surface area contributed by atoms with Crippen molar-refractivity contribution in [3.63, 3.8) is 0 Å². The van der Waals surface area contributed by atoms with E-state index in [4.69, 9.17) is 0 Å². The molecule has 2 atom stereocenters. The first-order valence-electron chi connectivity index (χ1n) is 6.78. The third kappa shape index (κ3) is 2.62. The van der Waals surface area contributed by atoms with Crippen molar-refractivity contribution in [3.8, 4) is 0 Å². The number of aromatic nitrogens is 4. The van der Waals surface area contributed by atoms with Gasteiger partial charge < -0.3 is 5.32 Å². The van der Waals surface area contributed by atoms with Crippen molar-refractivity contribution < 1.29 is 0 Å². The predicted molar refractivity (Wildman–Crippen MR) is 81.0 cm³/mol. The highest BCUT2D eigenvalue weighted by atomic mass is 32.1. The summed E-state index contributed by atoms with van der Waals surface area (Å²) in [5.74, 6) is 0. The van der Waals surface area contributed by atoms with Crippen LogP contribution in [0.1, 0.15) is 31.1 Å². The fraction of sp³-hybridized carbons (Fsp3) is 0.429. The van der Waals surface area contributed by atoms with Crippen LogP contribution in [0.5, 0.6) is 0 Å². The van der Waals surface area contributed by atoms with Gasteiger partial charge in [-0.1, -0.05) is 0 Å². The molecule has 3 aromatic rings. The zero-order valence-corrected chi connectivity index (χ0v) is 12.8. The van der Waals surface area contributed by atoms with Crippen LogP contribution in [0.15, 0.2) is 30.2 Å². The van der Waals surface area contributed by atoms with Gasteiger partial charge in [0.25, 0.3) is 0 Å². The summed E-state index contributed by atoms with van der Waals surface area (Å²) in [5.41, 5.74) is 2.27. The molecule has 0 unspecified atom stereocenters. The molecule has 0 saturated heterocycles. The first kappa shape index (κ1) is 13.3. The highest BCUT2D eigenvalue weighted by Gasteiger charge is 2.14. The van der Waals surface area contributed by atoms with Crippen molar-refractivity contribution in [1.29, 1.82) is 0 Å². The lowest BCUT2D eigenvalue weighted by molar-refractivity contribution is 0.364. The highest BCUT2D eigenvalue weighted by Crippen LogP contribution is 2.13. The Morgan fingerprint density at radius 2 is 2.20 bits per heavy atom. The number of hydrogen-bond donors (Lipinski definition) is 1. The number of fused-ring (bicyclic) bond motifs is 1. The van der Waals surface area contributed by atoms with E-state index in [0.717, 1.165) is 17.2 Å². The predicted octanol–water partition coefficient (Wildman–Crippen LogP) is 2.64. The Balaban J connectivity index is 1.61. The van der Waals surface area contributed by atoms with Crippen molar-refractivity contribution in [2.24, 2.45) is 0 Å². The summed E-state index contributed by atoms with van der Waals surface area (Å²) in [7, 11) is 0. The Bertz CT molecular complexity index is 667. The Morgan fingerprint density at radius 1 is 1.35 bits per heavy atom. The van der Waals surface area contributed by atoms with Crippen LogP contribution >= 0.6 is 11.3 Å². The largest absolute Gasteiger partial charge is 0.306 e. The van der Waals surface area contributed by atoms with Gasteiger partial charge in [0.2, 0.25) is 0 Å². The van der Waals surface area contributed by atoms with Crippen molar-refractivity contribution in [2.45, 2.75) is 39.4 Å². The molecule has 0 aliphatic heterocycles. The van der Waals surface area contributed by atoms with E-state index in [1.54, 1.807) is 11.3 Å². The number of thiazole rings is 1. The maximum atomic E-state index is 4.58. The van der Waals surface area contributed by atoms with Gasteiger partial charge in [-0.3, -0.25) is 9.08 Å². The summed E-state index contributed by atoms with van der Waals surface area (Å²) >= 11 is 1.66. The van der Waals surface area contributed by atoms with Gasteiger partial charge >= 0.3 is 0 Å². The van der Waals surface area contributed by atoms with Crippen molar-refractivity contribution in [2.75, 3.05) is 0 Å². The molecule has 0 aromatic carbocycles. The maximum absolute atomic E-state index is 4.58. The first-order chi connectivity index (χ1) is 9.63. The zero-order chi connectivity index (χ0) is 14.1. The molecule has 0 fully saturated rings. The van der Waals surface area contributed by atoms with Gasteiger partial charge in [-0.15, -0.1) is 11.3 Å². The lowest BCUT2D eigenvalue weighted by Crippen LogP contribution is -2.33. The van der Waals surface area contributed by atoms with E-state index in [2.05, 4.69) is 53.0 Å². The van der Waals surface area contributed by atoms with Gasteiger partial charge in [0.15, 0.2) is 4.96 Å². The number of rotatable bonds is 5. The monoisotopic (exact) mass is 289 g/mol. The van der Waals surface area contributed by atoms with E-state index in [1.165, 1.54) is 5.56 Å². The Kier molecular flexibility index (Phi) is 3.58. The molecule has 6 heteroatoms. The molecule has 0 bridgehead atoms. The molecule has 0 spiro atoms. The van der Waals surface area contributed by atoms with Gasteiger partial charge in [-0.05, 0) is 26.3 Å². The first-order valence-corrected chi connectivity index (χ1v) is 7.66. The van der Waals surface area contributed by atoms with E-state index in [-0.39, 0.29) is 0 Å². The second kappa shape index (κ2) is 5.38. The Morgan fingerprint density at radius 3 is 2.90 bits per heavy atom. The maximum Gasteiger partial charge on any atom is 0.193 e. The van der Waals surface area contributed by atoms with Crippen molar-refractivity contribution in [1.82, 2.24) is 24.5 Å². The zero-order valence-electron chi connectivity index (χ0n) is 11.9. The Labute approximate surface area is 122 Å². The van der Waals surface area contributed by atoms with E-state index >= 15 is 0 Å². The molecular weight excluding hydrogens is 270 g/mol. The van der Waals surface area contributed by atoms with Crippen molar-refractivity contribution >= 4 is 16.3 Å². The number of aryl methyl sites for hydroxylation is 1. The number of nitrogens with zero attached hydrogens (tertiary/aromatic N) is 4. The average molecular weight is 289 g/mol. The third-order valence-electron chi connectivity index (χ3n) is 3.62. The third-order valence-corrected chi connectivity index (χ3v) is 4.39. The summed E-state index contributed by atoms with van der Waals surface area (Å²) in [5, 5.41) is 9.95. The minimum absolute atomic E-state index is 0.312. The topological polar surface area (TPSA) is 47.2 Å². The Hall–Kier alpha value is -1.66. The lowest BCUT2D eigenvalue weighted by atomic mass is 10.1. The van der Waals surface area contributed by atoms with Crippen molar-refractivity contribution in [3.05, 3.63) is 41.4 Å². The summed E-state index contributed by atoms with van der Waals surface area (Å²) < 4.78 is 4.07. The lowest BCUT2D eigenvalue weighted by Gasteiger charge is -2.21. The molecule has 0 amide bonds. The molecule has 1 N–H and O–H groups in total. The van der Waals surface area contributed by atoms with Crippen LogP contribution in [-0.2, 0) is 6.54 Å². The van der Waals surface area contributed by atoms with Crippen LogP contribution in [0, 0.1) is 6.92 Å². The van der Waals surface area contributed by atoms with Crippen LogP contribution in [0.2, 0.25) is 0 Å². The van der Waals surface area contributed by atoms with Gasteiger partial charge in [0, 0.05) is 36.6 Å². The van der Waals surface area contributed by atoms with Crippen LogP contribution in [0.4, 0.5) is 0 Å². The molecule has 0 aliphatic carbocycles. The fourth-order valence-corrected chi connectivity index (χ4v) is 2.90. The molecule has 3 heterocycles. The van der Waals surface area contributed by atoms with E-state index in [1.807, 2.05) is 22.5 Å². The van der Waals surface area contributed by atoms with Crippen LogP contribution < -0.4 is 5.32 Å². The summed E-state index contributed by atoms with van der Waals surface area (Å²) in [6.07, 6.45) is 8.09. The second-order valence-electron chi connectivity index (χ2n) is 5.23. The fourth-order valence-electron chi connectivity index (χ4n) is 2.18. The normalized spacial score (nSPS) is 14.8. The second-order valence-corrected chi connectivity index (χ2v) is 6.11. The molecule has 0 saturated carbocycles. The quantitative estimate of drug-likeness (QED) is 0.785. The molecule has 20 heavy (non-hydrogen) atoms. The van der Waals surface area contributed by atoms with Crippen LogP contribution in [0.3, 0.4) is 0 Å². The summed E-state index contributed by atoms with van der Waals surface area (Å²) in [6, 6.07) is 0.640. The van der Waals surface area contributed by atoms with Gasteiger partial charge in [-0.25, -0.2) is 4.98 Å². The van der Waals surface area contributed by atoms with Gasteiger partial charge in [-0.2, -0.15) is 5.10 Å². The molecular formula is C14H19N5S. The minimum atomic E-state index is 0.312. The summed E-state index contributed by atoms with van der Waals surface area (Å²) in [4.78, 5) is 5.62. The van der Waals surface area contributed by atoms with E-state index < -0.39 is 0 Å². The van der Waals surface area contributed by atoms with Crippen LogP contribution in [0.25, 0.3) is 4.96 Å². The molecule has 0 radical (unpaired) electrons. The average Bonchev–Trinajstić information content (AvgIpc) is 3.10. The molecule has 106 valence electrons. The SMILES string of the molecule is Cc1cnn([C@@H](C)[C@H](C)NCc2cn3ccsc3n2)c1. The highest BCUT2D eigenvalue weighted by molar-refractivity contribution is 7.15. The van der Waals surface area contributed by atoms with E-state index in [9.17, 15) is 0 Å². The number of hydrogen-bond acceptors (Lipinski definition) is 4. The minimum Gasteiger partial charge on any atom is -0.306 e. The molecule has 3 aromatic heterocycles. The smallest absolute Gasteiger partial charge is 0.193 e. The van der Waals surface area contributed by atoms with Gasteiger partial charge in [0.05, 0.1) is 17.9 Å². The molecule has 5 nitrogen and oxygen atoms in total. The van der Waals surface area contributed by atoms with E-state index in [0.29, 0.717) is 12.1 Å².